The summed E-state index contributed by atoms with van der Waals surface area (Å²) in [5, 5.41) is 4.67. The number of hydrogen-bond acceptors (Lipinski definition) is 3. The lowest BCUT2D eigenvalue weighted by Crippen LogP contribution is -2.08. The second kappa shape index (κ2) is 11.7. The standard InChI is InChI=1S/C42H33N5/c1-4-15-29(25-24-28(2)3)40-43-41(30-16-7-5-8-17-30)45-42(44-40)47-37-23-14-12-21-33(37)35-27-26-34-32-20-11-13-22-36(32)46(38(34)39(35)47)31-18-9-6-10-19-31/h4-27H,1-3H3. The molecule has 0 atom stereocenters. The molecule has 5 heteroatoms. The fourth-order valence-corrected chi connectivity index (χ4v) is 6.50. The molecule has 5 nitrogen and oxygen atoms in total. The zero-order chi connectivity index (χ0) is 31.9. The number of aromatic nitrogens is 5. The Balaban J connectivity index is 1.56. The first-order valence-corrected chi connectivity index (χ1v) is 15.9. The molecular weight excluding hydrogens is 574 g/mol. The third-order valence-electron chi connectivity index (χ3n) is 8.54. The van der Waals surface area contributed by atoms with Gasteiger partial charge in [-0.05, 0) is 45.0 Å². The van der Waals surface area contributed by atoms with Crippen LogP contribution in [0.5, 0.6) is 0 Å². The molecule has 226 valence electrons. The number of fused-ring (bicyclic) bond motifs is 7. The van der Waals surface area contributed by atoms with E-state index in [4.69, 9.17) is 15.0 Å². The number of rotatable bonds is 6. The van der Waals surface area contributed by atoms with Crippen LogP contribution in [0.1, 0.15) is 26.6 Å². The molecule has 0 spiro atoms. The van der Waals surface area contributed by atoms with Crippen LogP contribution in [0.4, 0.5) is 0 Å². The molecule has 0 aliphatic carbocycles. The van der Waals surface area contributed by atoms with Crippen LogP contribution in [0, 0.1) is 0 Å². The third-order valence-corrected chi connectivity index (χ3v) is 8.54. The summed E-state index contributed by atoms with van der Waals surface area (Å²) in [6.07, 6.45) is 8.27. The van der Waals surface area contributed by atoms with Crippen LogP contribution in [0.3, 0.4) is 0 Å². The van der Waals surface area contributed by atoms with E-state index >= 15 is 0 Å². The van der Waals surface area contributed by atoms with Gasteiger partial charge in [-0.2, -0.15) is 9.97 Å². The van der Waals surface area contributed by atoms with E-state index in [2.05, 4.69) is 144 Å². The molecule has 0 amide bonds. The summed E-state index contributed by atoms with van der Waals surface area (Å²) in [7, 11) is 0. The van der Waals surface area contributed by atoms with Gasteiger partial charge in [0.1, 0.15) is 0 Å². The molecule has 8 rings (SSSR count). The summed E-state index contributed by atoms with van der Waals surface area (Å²) in [6, 6.07) is 42.4. The predicted octanol–water partition coefficient (Wildman–Crippen LogP) is 10.7. The number of benzene rings is 5. The molecule has 5 aromatic carbocycles. The maximum Gasteiger partial charge on any atom is 0.238 e. The Bertz CT molecular complexity index is 2530. The fourth-order valence-electron chi connectivity index (χ4n) is 6.50. The van der Waals surface area contributed by atoms with Gasteiger partial charge in [0, 0.05) is 38.4 Å². The highest BCUT2D eigenvalue weighted by Gasteiger charge is 2.23. The number of allylic oxidation sites excluding steroid dienone is 6. The zero-order valence-corrected chi connectivity index (χ0v) is 26.6. The average Bonchev–Trinajstić information content (AvgIpc) is 3.64. The maximum atomic E-state index is 5.24. The van der Waals surface area contributed by atoms with Gasteiger partial charge in [-0.1, -0.05) is 127 Å². The van der Waals surface area contributed by atoms with Gasteiger partial charge in [0.25, 0.3) is 0 Å². The van der Waals surface area contributed by atoms with Crippen molar-refractivity contribution < 1.29 is 0 Å². The van der Waals surface area contributed by atoms with E-state index < -0.39 is 0 Å². The highest BCUT2D eigenvalue weighted by atomic mass is 15.2. The second-order valence-corrected chi connectivity index (χ2v) is 11.9. The molecule has 0 fully saturated rings. The Kier molecular flexibility index (Phi) is 7.07. The molecule has 0 N–H and O–H groups in total. The highest BCUT2D eigenvalue weighted by Crippen LogP contribution is 2.41. The van der Waals surface area contributed by atoms with Crippen molar-refractivity contribution in [3.05, 3.63) is 157 Å². The molecule has 8 aromatic rings. The van der Waals surface area contributed by atoms with Crippen LogP contribution in [-0.4, -0.2) is 24.1 Å². The zero-order valence-electron chi connectivity index (χ0n) is 26.6. The van der Waals surface area contributed by atoms with Crippen molar-refractivity contribution in [2.45, 2.75) is 20.8 Å². The topological polar surface area (TPSA) is 48.5 Å². The van der Waals surface area contributed by atoms with Crippen molar-refractivity contribution >= 4 is 49.2 Å². The van der Waals surface area contributed by atoms with Gasteiger partial charge >= 0.3 is 0 Å². The van der Waals surface area contributed by atoms with Gasteiger partial charge in [0.05, 0.1) is 22.1 Å². The van der Waals surface area contributed by atoms with Crippen LogP contribution >= 0.6 is 0 Å². The Hall–Kier alpha value is -6.07. The highest BCUT2D eigenvalue weighted by molar-refractivity contribution is 6.23. The number of hydrogen-bond donors (Lipinski definition) is 0. The van der Waals surface area contributed by atoms with E-state index in [0.717, 1.165) is 49.7 Å². The lowest BCUT2D eigenvalue weighted by molar-refractivity contribution is 0.932. The van der Waals surface area contributed by atoms with Crippen molar-refractivity contribution in [1.29, 1.82) is 0 Å². The molecule has 3 aromatic heterocycles. The Labute approximate surface area is 273 Å². The summed E-state index contributed by atoms with van der Waals surface area (Å²) >= 11 is 0. The summed E-state index contributed by atoms with van der Waals surface area (Å²) < 4.78 is 4.61. The SMILES string of the molecule is CC=CC(=CC=C(C)C)c1nc(-c2ccccc2)nc(-n2c3ccccc3c3ccc4c5ccccc5n(-c5ccccc5)c4c32)n1. The second-order valence-electron chi connectivity index (χ2n) is 11.9. The maximum absolute atomic E-state index is 5.24. The van der Waals surface area contributed by atoms with Crippen molar-refractivity contribution in [3.63, 3.8) is 0 Å². The van der Waals surface area contributed by atoms with Crippen LogP contribution in [-0.2, 0) is 0 Å². The Morgan fingerprint density at radius 1 is 0.553 bits per heavy atom. The molecule has 0 aliphatic rings. The minimum Gasteiger partial charge on any atom is -0.307 e. The smallest absolute Gasteiger partial charge is 0.238 e. The van der Waals surface area contributed by atoms with Crippen molar-refractivity contribution in [3.8, 4) is 23.0 Å². The van der Waals surface area contributed by atoms with E-state index in [1.807, 2.05) is 31.2 Å². The third kappa shape index (κ3) is 4.84. The van der Waals surface area contributed by atoms with Crippen LogP contribution in [0.25, 0.3) is 72.2 Å². The number of para-hydroxylation sites is 3. The van der Waals surface area contributed by atoms with Crippen LogP contribution < -0.4 is 0 Å². The molecule has 0 aliphatic heterocycles. The first-order valence-electron chi connectivity index (χ1n) is 15.9. The van der Waals surface area contributed by atoms with Crippen molar-refractivity contribution in [2.75, 3.05) is 0 Å². The molecule has 3 heterocycles. The lowest BCUT2D eigenvalue weighted by Gasteiger charge is -2.13. The quantitative estimate of drug-likeness (QED) is 0.177. The summed E-state index contributed by atoms with van der Waals surface area (Å²) in [5.41, 5.74) is 8.51. The number of nitrogens with zero attached hydrogens (tertiary/aromatic N) is 5. The Morgan fingerprint density at radius 3 is 1.77 bits per heavy atom. The van der Waals surface area contributed by atoms with Gasteiger partial charge in [0.2, 0.25) is 5.95 Å². The fraction of sp³-hybridized carbons (Fsp3) is 0.0714. The van der Waals surface area contributed by atoms with Gasteiger partial charge in [-0.15, -0.1) is 0 Å². The lowest BCUT2D eigenvalue weighted by atomic mass is 10.1. The summed E-state index contributed by atoms with van der Waals surface area (Å²) in [4.78, 5) is 15.5. The van der Waals surface area contributed by atoms with E-state index in [0.29, 0.717) is 17.6 Å². The predicted molar refractivity (Wildman–Crippen MR) is 196 cm³/mol. The molecule has 47 heavy (non-hydrogen) atoms. The average molecular weight is 608 g/mol. The molecule has 0 bridgehead atoms. The summed E-state index contributed by atoms with van der Waals surface area (Å²) in [6.45, 7) is 6.20. The van der Waals surface area contributed by atoms with Gasteiger partial charge in [0.15, 0.2) is 11.6 Å². The molecular formula is C42H33N5. The largest absolute Gasteiger partial charge is 0.307 e. The molecule has 0 unspecified atom stereocenters. The van der Waals surface area contributed by atoms with Crippen molar-refractivity contribution in [1.82, 2.24) is 24.1 Å². The van der Waals surface area contributed by atoms with Crippen molar-refractivity contribution in [2.24, 2.45) is 0 Å². The molecule has 0 saturated carbocycles. The minimum atomic E-state index is 0.574. The first-order chi connectivity index (χ1) is 23.1. The monoisotopic (exact) mass is 607 g/mol. The molecule has 0 radical (unpaired) electrons. The van der Waals surface area contributed by atoms with E-state index in [1.165, 1.54) is 16.3 Å². The van der Waals surface area contributed by atoms with E-state index in [-0.39, 0.29) is 0 Å². The van der Waals surface area contributed by atoms with Gasteiger partial charge < -0.3 is 4.57 Å². The normalized spacial score (nSPS) is 12.2. The van der Waals surface area contributed by atoms with Gasteiger partial charge in [-0.25, -0.2) is 4.98 Å². The minimum absolute atomic E-state index is 0.574. The van der Waals surface area contributed by atoms with Crippen LogP contribution in [0.2, 0.25) is 0 Å². The molecule has 0 saturated heterocycles. The van der Waals surface area contributed by atoms with Crippen LogP contribution in [0.15, 0.2) is 151 Å². The first kappa shape index (κ1) is 28.4. The van der Waals surface area contributed by atoms with E-state index in [1.54, 1.807) is 0 Å². The summed E-state index contributed by atoms with van der Waals surface area (Å²) in [5.74, 6) is 1.82. The van der Waals surface area contributed by atoms with Gasteiger partial charge in [-0.3, -0.25) is 4.57 Å². The van der Waals surface area contributed by atoms with E-state index in [9.17, 15) is 0 Å². The Morgan fingerprint density at radius 2 is 1.13 bits per heavy atom.